The molecule has 0 aliphatic carbocycles. The van der Waals surface area contributed by atoms with Gasteiger partial charge < -0.3 is 14.6 Å². The Hall–Kier alpha value is -2.14. The van der Waals surface area contributed by atoms with Crippen molar-refractivity contribution in [1.29, 1.82) is 0 Å². The number of rotatable bonds is 7. The first-order chi connectivity index (χ1) is 9.74. The summed E-state index contributed by atoms with van der Waals surface area (Å²) in [5.41, 5.74) is 0.818. The van der Waals surface area contributed by atoms with E-state index >= 15 is 0 Å². The second kappa shape index (κ2) is 6.86. The summed E-state index contributed by atoms with van der Waals surface area (Å²) in [6.07, 6.45) is 3.15. The molecule has 0 aliphatic rings. The molecule has 2 aromatic rings. The number of carbonyl (C=O) groups is 1. The first-order valence-corrected chi connectivity index (χ1v) is 6.47. The monoisotopic (exact) mass is 275 g/mol. The summed E-state index contributed by atoms with van der Waals surface area (Å²) in [6.45, 7) is 1.12. The topological polar surface area (TPSA) is 68.7 Å². The molecule has 0 fully saturated rings. The molecule has 1 heterocycles. The number of benzene rings is 1. The van der Waals surface area contributed by atoms with Gasteiger partial charge in [0.25, 0.3) is 0 Å². The zero-order chi connectivity index (χ0) is 14.4. The number of hydrogen-bond acceptors (Lipinski definition) is 4. The average molecular weight is 275 g/mol. The van der Waals surface area contributed by atoms with Crippen LogP contribution in [-0.2, 0) is 4.74 Å². The number of carboxylic acid groups (broad SMARTS) is 1. The Morgan fingerprint density at radius 2 is 2.00 bits per heavy atom. The Balaban J connectivity index is 2.20. The van der Waals surface area contributed by atoms with E-state index in [2.05, 4.69) is 4.98 Å². The molecule has 0 radical (unpaired) electrons. The Kier molecular flexibility index (Phi) is 4.90. The number of carboxylic acids is 1. The molecular weight excluding hydrogens is 258 g/mol. The van der Waals surface area contributed by atoms with Gasteiger partial charge >= 0.3 is 5.97 Å². The number of nitrogens with zero attached hydrogens (tertiary/aromatic N) is 1. The quantitative estimate of drug-likeness (QED) is 0.787. The summed E-state index contributed by atoms with van der Waals surface area (Å²) >= 11 is 0. The number of methoxy groups -OCH3 is 1. The summed E-state index contributed by atoms with van der Waals surface area (Å²) in [4.78, 5) is 15.7. The number of aromatic carboxylic acids is 1. The lowest BCUT2D eigenvalue weighted by atomic mass is 10.1. The third-order valence-electron chi connectivity index (χ3n) is 2.95. The van der Waals surface area contributed by atoms with Crippen LogP contribution >= 0.6 is 0 Å². The Bertz CT molecular complexity index is 597. The van der Waals surface area contributed by atoms with Crippen LogP contribution in [-0.4, -0.2) is 36.4 Å². The van der Waals surface area contributed by atoms with Crippen molar-refractivity contribution < 1.29 is 19.4 Å². The highest BCUT2D eigenvalue weighted by Gasteiger charge is 2.16. The fraction of sp³-hybridized carbons (Fsp3) is 0.333. The molecule has 0 amide bonds. The lowest BCUT2D eigenvalue weighted by Gasteiger charge is -2.10. The number of unbranched alkanes of at least 4 members (excludes halogenated alkanes) is 1. The van der Waals surface area contributed by atoms with Gasteiger partial charge in [0.15, 0.2) is 5.75 Å². The standard InChI is InChI=1S/C15H17NO4/c1-19-8-4-5-9-20-13-10-16-12-7-3-2-6-11(12)14(13)15(17)18/h2-3,6-7,10H,4-5,8-9H2,1H3,(H,17,18). The van der Waals surface area contributed by atoms with Crippen molar-refractivity contribution in [1.82, 2.24) is 4.98 Å². The van der Waals surface area contributed by atoms with Gasteiger partial charge in [-0.2, -0.15) is 0 Å². The van der Waals surface area contributed by atoms with Crippen molar-refractivity contribution in [3.8, 4) is 5.75 Å². The highest BCUT2D eigenvalue weighted by molar-refractivity contribution is 6.04. The van der Waals surface area contributed by atoms with Gasteiger partial charge in [-0.15, -0.1) is 0 Å². The number of aromatic nitrogens is 1. The Morgan fingerprint density at radius 1 is 1.25 bits per heavy atom. The zero-order valence-corrected chi connectivity index (χ0v) is 11.3. The number of ether oxygens (including phenoxy) is 2. The molecule has 1 aromatic heterocycles. The lowest BCUT2D eigenvalue weighted by Crippen LogP contribution is -2.06. The molecule has 0 atom stereocenters. The normalized spacial score (nSPS) is 10.7. The third kappa shape index (κ3) is 3.24. The van der Waals surface area contributed by atoms with Crippen molar-refractivity contribution >= 4 is 16.9 Å². The predicted octanol–water partition coefficient (Wildman–Crippen LogP) is 2.74. The molecule has 0 bridgehead atoms. The molecule has 5 heteroatoms. The molecule has 2 rings (SSSR count). The average Bonchev–Trinajstić information content (AvgIpc) is 2.46. The second-order valence-electron chi connectivity index (χ2n) is 4.37. The van der Waals surface area contributed by atoms with Crippen LogP contribution in [0.15, 0.2) is 30.5 Å². The van der Waals surface area contributed by atoms with E-state index in [0.717, 1.165) is 12.8 Å². The minimum atomic E-state index is -1.00. The summed E-state index contributed by atoms with van der Waals surface area (Å²) in [5.74, 6) is -0.691. The largest absolute Gasteiger partial charge is 0.491 e. The number of hydrogen-bond donors (Lipinski definition) is 1. The van der Waals surface area contributed by atoms with Gasteiger partial charge in [-0.1, -0.05) is 18.2 Å². The van der Waals surface area contributed by atoms with Crippen LogP contribution < -0.4 is 4.74 Å². The van der Waals surface area contributed by atoms with Crippen LogP contribution in [0, 0.1) is 0 Å². The van der Waals surface area contributed by atoms with E-state index in [0.29, 0.717) is 29.9 Å². The molecule has 20 heavy (non-hydrogen) atoms. The molecule has 0 saturated carbocycles. The molecule has 1 N–H and O–H groups in total. The van der Waals surface area contributed by atoms with Crippen molar-refractivity contribution in [2.45, 2.75) is 12.8 Å². The van der Waals surface area contributed by atoms with Gasteiger partial charge in [0, 0.05) is 19.1 Å². The predicted molar refractivity (Wildman–Crippen MR) is 75.3 cm³/mol. The van der Waals surface area contributed by atoms with Crippen LogP contribution in [0.2, 0.25) is 0 Å². The van der Waals surface area contributed by atoms with Crippen molar-refractivity contribution in [3.05, 3.63) is 36.0 Å². The minimum absolute atomic E-state index is 0.169. The van der Waals surface area contributed by atoms with Gasteiger partial charge in [-0.05, 0) is 18.9 Å². The fourth-order valence-electron chi connectivity index (χ4n) is 1.98. The van der Waals surface area contributed by atoms with Crippen LogP contribution in [0.1, 0.15) is 23.2 Å². The molecule has 1 aromatic carbocycles. The summed E-state index contributed by atoms with van der Waals surface area (Å²) < 4.78 is 10.5. The van der Waals surface area contributed by atoms with Crippen LogP contribution in [0.3, 0.4) is 0 Å². The van der Waals surface area contributed by atoms with Crippen molar-refractivity contribution in [2.75, 3.05) is 20.3 Å². The molecular formula is C15H17NO4. The summed E-state index contributed by atoms with van der Waals surface area (Å²) in [6, 6.07) is 7.14. The smallest absolute Gasteiger partial charge is 0.340 e. The highest BCUT2D eigenvalue weighted by Crippen LogP contribution is 2.26. The molecule has 5 nitrogen and oxygen atoms in total. The van der Waals surface area contributed by atoms with E-state index in [9.17, 15) is 9.90 Å². The van der Waals surface area contributed by atoms with Crippen LogP contribution in [0.4, 0.5) is 0 Å². The Labute approximate surface area is 117 Å². The number of para-hydroxylation sites is 1. The van der Waals surface area contributed by atoms with Gasteiger partial charge in [-0.3, -0.25) is 4.98 Å². The molecule has 0 spiro atoms. The van der Waals surface area contributed by atoms with E-state index in [4.69, 9.17) is 9.47 Å². The molecule has 106 valence electrons. The van der Waals surface area contributed by atoms with E-state index in [-0.39, 0.29) is 5.56 Å². The summed E-state index contributed by atoms with van der Waals surface area (Å²) in [7, 11) is 1.65. The zero-order valence-electron chi connectivity index (χ0n) is 11.3. The number of fused-ring (bicyclic) bond motifs is 1. The SMILES string of the molecule is COCCCCOc1cnc2ccccc2c1C(=O)O. The van der Waals surface area contributed by atoms with Gasteiger partial charge in [0.1, 0.15) is 5.56 Å². The number of pyridine rings is 1. The van der Waals surface area contributed by atoms with Crippen molar-refractivity contribution in [3.63, 3.8) is 0 Å². The maximum absolute atomic E-state index is 11.4. The lowest BCUT2D eigenvalue weighted by molar-refractivity contribution is 0.0694. The van der Waals surface area contributed by atoms with E-state index in [1.807, 2.05) is 6.07 Å². The van der Waals surface area contributed by atoms with Crippen LogP contribution in [0.5, 0.6) is 5.75 Å². The van der Waals surface area contributed by atoms with Crippen molar-refractivity contribution in [2.24, 2.45) is 0 Å². The maximum atomic E-state index is 11.4. The third-order valence-corrected chi connectivity index (χ3v) is 2.95. The highest BCUT2D eigenvalue weighted by atomic mass is 16.5. The van der Waals surface area contributed by atoms with E-state index < -0.39 is 5.97 Å². The molecule has 0 saturated heterocycles. The van der Waals surface area contributed by atoms with E-state index in [1.54, 1.807) is 25.3 Å². The van der Waals surface area contributed by atoms with Gasteiger partial charge in [0.2, 0.25) is 0 Å². The Morgan fingerprint density at radius 3 is 2.75 bits per heavy atom. The van der Waals surface area contributed by atoms with Gasteiger partial charge in [0.05, 0.1) is 18.3 Å². The fourth-order valence-corrected chi connectivity index (χ4v) is 1.98. The molecule has 0 aliphatic heterocycles. The first kappa shape index (κ1) is 14.3. The van der Waals surface area contributed by atoms with E-state index in [1.165, 1.54) is 6.20 Å². The summed E-state index contributed by atoms with van der Waals surface area (Å²) in [5, 5.41) is 9.97. The molecule has 0 unspecified atom stereocenters. The van der Waals surface area contributed by atoms with Gasteiger partial charge in [-0.25, -0.2) is 4.79 Å². The van der Waals surface area contributed by atoms with Crippen LogP contribution in [0.25, 0.3) is 10.9 Å². The minimum Gasteiger partial charge on any atom is -0.491 e. The maximum Gasteiger partial charge on any atom is 0.340 e. The second-order valence-corrected chi connectivity index (χ2v) is 4.37. The first-order valence-electron chi connectivity index (χ1n) is 6.47.